The van der Waals surface area contributed by atoms with Gasteiger partial charge in [0.2, 0.25) is 5.91 Å². The van der Waals surface area contributed by atoms with Crippen molar-refractivity contribution in [2.75, 3.05) is 19.7 Å². The smallest absolute Gasteiger partial charge is 0.325 e. The summed E-state index contributed by atoms with van der Waals surface area (Å²) in [7, 11) is 0. The van der Waals surface area contributed by atoms with E-state index in [1.54, 1.807) is 0 Å². The number of ether oxygens (including phenoxy) is 1. The van der Waals surface area contributed by atoms with Gasteiger partial charge in [-0.15, -0.1) is 0 Å². The summed E-state index contributed by atoms with van der Waals surface area (Å²) in [5, 5.41) is 5.72. The number of nitrogens with one attached hydrogen (secondary N) is 2. The van der Waals surface area contributed by atoms with Gasteiger partial charge < -0.3 is 15.4 Å². The summed E-state index contributed by atoms with van der Waals surface area (Å²) < 4.78 is 5.86. The highest BCUT2D eigenvalue weighted by Gasteiger charge is 2.56. The lowest BCUT2D eigenvalue weighted by Crippen LogP contribution is -2.54. The lowest BCUT2D eigenvalue weighted by molar-refractivity contribution is -0.137. The van der Waals surface area contributed by atoms with Crippen molar-refractivity contribution < 1.29 is 19.1 Å². The van der Waals surface area contributed by atoms with Crippen LogP contribution >= 0.6 is 0 Å². The quantitative estimate of drug-likeness (QED) is 0.502. The normalized spacial score (nSPS) is 29.9. The molecule has 2 aliphatic carbocycles. The van der Waals surface area contributed by atoms with Crippen LogP contribution in [0.25, 0.3) is 0 Å². The minimum atomic E-state index is -0.855. The molecule has 29 heavy (non-hydrogen) atoms. The maximum atomic E-state index is 13.1. The Hall–Kier alpha value is -1.63. The van der Waals surface area contributed by atoms with Crippen LogP contribution in [0.15, 0.2) is 0 Å². The van der Waals surface area contributed by atoms with E-state index in [1.807, 2.05) is 0 Å². The van der Waals surface area contributed by atoms with Gasteiger partial charge in [-0.25, -0.2) is 4.79 Å². The van der Waals surface area contributed by atoms with E-state index in [0.717, 1.165) is 30.6 Å². The summed E-state index contributed by atoms with van der Waals surface area (Å²) in [4.78, 5) is 38.9. The molecule has 164 valence electrons. The second-order valence-electron chi connectivity index (χ2n) is 10.1. The van der Waals surface area contributed by atoms with Gasteiger partial charge in [0.05, 0.1) is 6.10 Å². The standard InChI is InChI=1S/C22H37N3O4/c1-16-12-21(2,3)15-22(13-16)19(27)25(20(28)24-22)14-18(26)23-10-7-11-29-17-8-5-4-6-9-17/h16-17H,4-15H2,1-3H3,(H,23,26)(H,24,28)/t16-,22+/m1/s1. The topological polar surface area (TPSA) is 87.7 Å². The van der Waals surface area contributed by atoms with Crippen molar-refractivity contribution in [1.29, 1.82) is 0 Å². The number of imide groups is 1. The Morgan fingerprint density at radius 1 is 1.21 bits per heavy atom. The zero-order valence-electron chi connectivity index (χ0n) is 18.2. The van der Waals surface area contributed by atoms with E-state index in [9.17, 15) is 14.4 Å². The first-order valence-electron chi connectivity index (χ1n) is 11.2. The molecule has 0 aromatic rings. The summed E-state index contributed by atoms with van der Waals surface area (Å²) in [5.74, 6) is -0.204. The fraction of sp³-hybridized carbons (Fsp3) is 0.864. The highest BCUT2D eigenvalue weighted by atomic mass is 16.5. The van der Waals surface area contributed by atoms with Crippen molar-refractivity contribution >= 4 is 17.8 Å². The Morgan fingerprint density at radius 2 is 1.93 bits per heavy atom. The van der Waals surface area contributed by atoms with Gasteiger partial charge in [-0.1, -0.05) is 40.0 Å². The van der Waals surface area contributed by atoms with Crippen LogP contribution < -0.4 is 10.6 Å². The number of urea groups is 1. The molecule has 0 unspecified atom stereocenters. The largest absolute Gasteiger partial charge is 0.378 e. The van der Waals surface area contributed by atoms with Crippen LogP contribution in [-0.4, -0.2) is 54.1 Å². The predicted octanol–water partition coefficient (Wildman–Crippen LogP) is 2.98. The lowest BCUT2D eigenvalue weighted by Gasteiger charge is -2.43. The van der Waals surface area contributed by atoms with Crippen LogP contribution in [0.3, 0.4) is 0 Å². The fourth-order valence-electron chi connectivity index (χ4n) is 5.63. The highest BCUT2D eigenvalue weighted by molar-refractivity contribution is 6.09. The molecule has 0 radical (unpaired) electrons. The fourth-order valence-corrected chi connectivity index (χ4v) is 5.63. The monoisotopic (exact) mass is 407 g/mol. The van der Waals surface area contributed by atoms with Crippen LogP contribution in [-0.2, 0) is 14.3 Å². The molecular formula is C22H37N3O4. The number of hydrogen-bond acceptors (Lipinski definition) is 4. The van der Waals surface area contributed by atoms with Gasteiger partial charge in [-0.3, -0.25) is 14.5 Å². The van der Waals surface area contributed by atoms with Gasteiger partial charge in [0.1, 0.15) is 12.1 Å². The first-order chi connectivity index (χ1) is 13.7. The van der Waals surface area contributed by atoms with E-state index in [4.69, 9.17) is 4.74 Å². The molecule has 7 heteroatoms. The lowest BCUT2D eigenvalue weighted by atomic mass is 9.64. The first-order valence-corrected chi connectivity index (χ1v) is 11.2. The SMILES string of the molecule is C[C@@H]1CC(C)(C)C[C@]2(C1)NC(=O)N(CC(=O)NCCCOC1CCCCC1)C2=O. The molecule has 3 rings (SSSR count). The molecular weight excluding hydrogens is 370 g/mol. The second-order valence-corrected chi connectivity index (χ2v) is 10.1. The van der Waals surface area contributed by atoms with Gasteiger partial charge >= 0.3 is 6.03 Å². The van der Waals surface area contributed by atoms with Gasteiger partial charge in [0, 0.05) is 13.2 Å². The zero-order valence-corrected chi connectivity index (χ0v) is 18.2. The molecule has 0 aromatic heterocycles. The molecule has 3 fully saturated rings. The summed E-state index contributed by atoms with van der Waals surface area (Å²) in [6.07, 6.45) is 9.43. The summed E-state index contributed by atoms with van der Waals surface area (Å²) >= 11 is 0. The molecule has 1 aliphatic heterocycles. The van der Waals surface area contributed by atoms with Crippen molar-refractivity contribution in [2.24, 2.45) is 11.3 Å². The number of hydrogen-bond donors (Lipinski definition) is 2. The number of nitrogens with zero attached hydrogens (tertiary/aromatic N) is 1. The zero-order chi connectivity index (χ0) is 21.1. The van der Waals surface area contributed by atoms with Gasteiger partial charge in [0.25, 0.3) is 5.91 Å². The van der Waals surface area contributed by atoms with Gasteiger partial charge in [-0.2, -0.15) is 0 Å². The number of amides is 4. The van der Waals surface area contributed by atoms with Gasteiger partial charge in [0.15, 0.2) is 0 Å². The van der Waals surface area contributed by atoms with E-state index >= 15 is 0 Å². The molecule has 2 saturated carbocycles. The van der Waals surface area contributed by atoms with Crippen molar-refractivity contribution in [3.63, 3.8) is 0 Å². The molecule has 0 aromatic carbocycles. The highest BCUT2D eigenvalue weighted by Crippen LogP contribution is 2.46. The van der Waals surface area contributed by atoms with E-state index in [2.05, 4.69) is 31.4 Å². The Kier molecular flexibility index (Phi) is 6.87. The Labute approximate surface area is 174 Å². The van der Waals surface area contributed by atoms with Crippen LogP contribution in [0.2, 0.25) is 0 Å². The Balaban J connectivity index is 1.43. The molecule has 2 atom stereocenters. The van der Waals surface area contributed by atoms with Crippen LogP contribution in [0, 0.1) is 11.3 Å². The third-order valence-electron chi connectivity index (χ3n) is 6.47. The van der Waals surface area contributed by atoms with Gasteiger partial charge in [-0.05, 0) is 49.9 Å². The van der Waals surface area contributed by atoms with E-state index in [-0.39, 0.29) is 23.8 Å². The minimum absolute atomic E-state index is 0.0167. The van der Waals surface area contributed by atoms with E-state index < -0.39 is 11.6 Å². The second kappa shape index (κ2) is 9.02. The first kappa shape index (κ1) is 22.1. The van der Waals surface area contributed by atoms with Crippen molar-refractivity contribution in [1.82, 2.24) is 15.5 Å². The average molecular weight is 408 g/mol. The summed E-state index contributed by atoms with van der Waals surface area (Å²) in [5.41, 5.74) is -0.871. The molecule has 1 saturated heterocycles. The minimum Gasteiger partial charge on any atom is -0.378 e. The van der Waals surface area contributed by atoms with Crippen molar-refractivity contribution in [3.8, 4) is 0 Å². The van der Waals surface area contributed by atoms with Crippen LogP contribution in [0.5, 0.6) is 0 Å². The third kappa shape index (κ3) is 5.50. The van der Waals surface area contributed by atoms with E-state index in [0.29, 0.717) is 38.0 Å². The average Bonchev–Trinajstić information content (AvgIpc) is 2.84. The number of carbonyl (C=O) groups excluding carboxylic acids is 3. The third-order valence-corrected chi connectivity index (χ3v) is 6.47. The maximum absolute atomic E-state index is 13.1. The van der Waals surface area contributed by atoms with Crippen LogP contribution in [0.4, 0.5) is 4.79 Å². The molecule has 4 amide bonds. The molecule has 2 N–H and O–H groups in total. The number of carbonyl (C=O) groups is 3. The van der Waals surface area contributed by atoms with E-state index in [1.165, 1.54) is 19.3 Å². The van der Waals surface area contributed by atoms with Crippen molar-refractivity contribution in [3.05, 3.63) is 0 Å². The van der Waals surface area contributed by atoms with Crippen molar-refractivity contribution in [2.45, 2.75) is 90.2 Å². The molecule has 1 heterocycles. The predicted molar refractivity (Wildman–Crippen MR) is 110 cm³/mol. The number of rotatable bonds is 7. The Bertz CT molecular complexity index is 630. The molecule has 0 bridgehead atoms. The molecule has 3 aliphatic rings. The van der Waals surface area contributed by atoms with Crippen LogP contribution in [0.1, 0.15) is 78.6 Å². The summed E-state index contributed by atoms with van der Waals surface area (Å²) in [6.45, 7) is 7.29. The molecule has 1 spiro atoms. The Morgan fingerprint density at radius 3 is 2.62 bits per heavy atom. The summed E-state index contributed by atoms with van der Waals surface area (Å²) in [6, 6.07) is -0.448. The molecule has 7 nitrogen and oxygen atoms in total. The maximum Gasteiger partial charge on any atom is 0.325 e.